The van der Waals surface area contributed by atoms with Gasteiger partial charge in [-0.3, -0.25) is 4.79 Å². The Kier molecular flexibility index (Phi) is 5.05. The minimum Gasteiger partial charge on any atom is -0.345 e. The lowest BCUT2D eigenvalue weighted by atomic mass is 9.95. The van der Waals surface area contributed by atoms with Gasteiger partial charge in [0.15, 0.2) is 0 Å². The van der Waals surface area contributed by atoms with Crippen LogP contribution in [0.1, 0.15) is 67.3 Å². The van der Waals surface area contributed by atoms with Crippen molar-refractivity contribution >= 4 is 5.91 Å². The van der Waals surface area contributed by atoms with Gasteiger partial charge in [-0.15, -0.1) is 0 Å². The van der Waals surface area contributed by atoms with Gasteiger partial charge in [0.2, 0.25) is 0 Å². The summed E-state index contributed by atoms with van der Waals surface area (Å²) >= 11 is 0. The lowest BCUT2D eigenvalue weighted by Gasteiger charge is -2.35. The smallest absolute Gasteiger partial charge is 0.255 e. The van der Waals surface area contributed by atoms with Crippen molar-refractivity contribution in [3.05, 3.63) is 23.0 Å². The number of carbonyl (C=O) groups is 1. The van der Waals surface area contributed by atoms with E-state index < -0.39 is 0 Å². The van der Waals surface area contributed by atoms with Crippen LogP contribution in [-0.2, 0) is 0 Å². The van der Waals surface area contributed by atoms with E-state index in [9.17, 15) is 4.79 Å². The summed E-state index contributed by atoms with van der Waals surface area (Å²) in [5.41, 5.74) is 3.34. The fourth-order valence-corrected chi connectivity index (χ4v) is 4.00. The van der Waals surface area contributed by atoms with Crippen LogP contribution in [0.3, 0.4) is 0 Å². The lowest BCUT2D eigenvalue weighted by Crippen LogP contribution is -2.42. The SMILES string of the molecule is Cc1cc(C(=O)N2CCC(CN(C)C(C)C)CC2)c(C)n1C1CC1. The Morgan fingerprint density at radius 1 is 1.21 bits per heavy atom. The summed E-state index contributed by atoms with van der Waals surface area (Å²) in [6.45, 7) is 11.7. The molecule has 0 atom stereocenters. The van der Waals surface area contributed by atoms with Gasteiger partial charge in [-0.2, -0.15) is 0 Å². The molecule has 0 radical (unpaired) electrons. The average molecular weight is 332 g/mol. The molecule has 0 spiro atoms. The van der Waals surface area contributed by atoms with Crippen molar-refractivity contribution < 1.29 is 4.79 Å². The van der Waals surface area contributed by atoms with Gasteiger partial charge in [0.25, 0.3) is 5.91 Å². The molecular weight excluding hydrogens is 298 g/mol. The van der Waals surface area contributed by atoms with Crippen LogP contribution in [-0.4, -0.2) is 53.0 Å². The van der Waals surface area contributed by atoms with Crippen LogP contribution in [0, 0.1) is 19.8 Å². The molecule has 1 aromatic rings. The fourth-order valence-electron chi connectivity index (χ4n) is 4.00. The van der Waals surface area contributed by atoms with E-state index in [1.54, 1.807) is 0 Å². The summed E-state index contributed by atoms with van der Waals surface area (Å²) in [7, 11) is 2.20. The normalized spacial score (nSPS) is 19.5. The second kappa shape index (κ2) is 6.91. The molecule has 0 unspecified atom stereocenters. The van der Waals surface area contributed by atoms with E-state index in [1.165, 1.54) is 24.2 Å². The number of hydrogen-bond donors (Lipinski definition) is 0. The van der Waals surface area contributed by atoms with E-state index in [4.69, 9.17) is 0 Å². The third-order valence-electron chi connectivity index (χ3n) is 5.96. The van der Waals surface area contributed by atoms with E-state index in [1.807, 2.05) is 0 Å². The predicted octanol–water partition coefficient (Wildman–Crippen LogP) is 3.63. The second-order valence-electron chi connectivity index (χ2n) is 8.15. The number of amides is 1. The monoisotopic (exact) mass is 331 g/mol. The van der Waals surface area contributed by atoms with Crippen LogP contribution in [0.4, 0.5) is 0 Å². The molecule has 0 aromatic carbocycles. The molecule has 2 fully saturated rings. The number of carbonyl (C=O) groups excluding carboxylic acids is 1. The van der Waals surface area contributed by atoms with Crippen LogP contribution >= 0.6 is 0 Å². The number of piperidine rings is 1. The largest absolute Gasteiger partial charge is 0.345 e. The number of hydrogen-bond acceptors (Lipinski definition) is 2. The zero-order chi connectivity index (χ0) is 17.4. The van der Waals surface area contributed by atoms with E-state index in [2.05, 4.69) is 55.2 Å². The van der Waals surface area contributed by atoms with Gasteiger partial charge in [-0.05, 0) is 72.4 Å². The lowest BCUT2D eigenvalue weighted by molar-refractivity contribution is 0.0665. The van der Waals surface area contributed by atoms with Crippen molar-refractivity contribution in [3.63, 3.8) is 0 Å². The third-order valence-corrected chi connectivity index (χ3v) is 5.96. The molecular formula is C20H33N3O. The summed E-state index contributed by atoms with van der Waals surface area (Å²) in [6, 6.07) is 3.34. The Hall–Kier alpha value is -1.29. The highest BCUT2D eigenvalue weighted by molar-refractivity contribution is 5.95. The Morgan fingerprint density at radius 3 is 2.38 bits per heavy atom. The van der Waals surface area contributed by atoms with Gasteiger partial charge in [0.1, 0.15) is 0 Å². The molecule has 4 nitrogen and oxygen atoms in total. The zero-order valence-electron chi connectivity index (χ0n) is 16.0. The molecule has 1 aliphatic heterocycles. The Morgan fingerprint density at radius 2 is 1.83 bits per heavy atom. The minimum atomic E-state index is 0.241. The molecule has 0 bridgehead atoms. The van der Waals surface area contributed by atoms with Gasteiger partial charge < -0.3 is 14.4 Å². The first-order valence-corrected chi connectivity index (χ1v) is 9.56. The maximum atomic E-state index is 13.0. The predicted molar refractivity (Wildman–Crippen MR) is 98.6 cm³/mol. The number of aryl methyl sites for hydroxylation is 1. The quantitative estimate of drug-likeness (QED) is 0.824. The van der Waals surface area contributed by atoms with Gasteiger partial charge in [0.05, 0.1) is 5.56 Å². The zero-order valence-corrected chi connectivity index (χ0v) is 16.0. The molecule has 1 amide bonds. The summed E-state index contributed by atoms with van der Waals surface area (Å²) < 4.78 is 2.37. The van der Waals surface area contributed by atoms with Crippen molar-refractivity contribution in [1.82, 2.24) is 14.4 Å². The molecule has 1 aliphatic carbocycles. The standard InChI is InChI=1S/C20H33N3O/c1-14(2)21(5)13-17-8-10-22(11-9-17)20(24)19-12-15(3)23(16(19)4)18-6-7-18/h12,14,17-18H,6-11,13H2,1-5H3. The average Bonchev–Trinajstić information content (AvgIpc) is 3.33. The molecule has 134 valence electrons. The summed E-state index contributed by atoms with van der Waals surface area (Å²) in [5.74, 6) is 0.964. The first-order chi connectivity index (χ1) is 11.4. The van der Waals surface area contributed by atoms with Gasteiger partial charge in [-0.1, -0.05) is 0 Å². The number of likely N-dealkylation sites (tertiary alicyclic amines) is 1. The molecule has 2 heterocycles. The Labute approximate surface area is 146 Å². The van der Waals surface area contributed by atoms with Crippen LogP contribution in [0.15, 0.2) is 6.07 Å². The highest BCUT2D eigenvalue weighted by Crippen LogP contribution is 2.38. The van der Waals surface area contributed by atoms with Crippen LogP contribution in [0.5, 0.6) is 0 Å². The third kappa shape index (κ3) is 3.53. The topological polar surface area (TPSA) is 28.5 Å². The van der Waals surface area contributed by atoms with Gasteiger partial charge in [0, 0.05) is 43.1 Å². The van der Waals surface area contributed by atoms with Gasteiger partial charge >= 0.3 is 0 Å². The van der Waals surface area contributed by atoms with Crippen LogP contribution < -0.4 is 0 Å². The number of nitrogens with zero attached hydrogens (tertiary/aromatic N) is 3. The molecule has 4 heteroatoms. The van der Waals surface area contributed by atoms with Crippen molar-refractivity contribution in [2.75, 3.05) is 26.7 Å². The number of aromatic nitrogens is 1. The highest BCUT2D eigenvalue weighted by Gasteiger charge is 2.31. The van der Waals surface area contributed by atoms with E-state index in [-0.39, 0.29) is 5.91 Å². The van der Waals surface area contributed by atoms with Crippen molar-refractivity contribution in [3.8, 4) is 0 Å². The first-order valence-electron chi connectivity index (χ1n) is 9.56. The van der Waals surface area contributed by atoms with E-state index in [0.29, 0.717) is 12.1 Å². The molecule has 1 aromatic heterocycles. The summed E-state index contributed by atoms with van der Waals surface area (Å²) in [4.78, 5) is 17.5. The molecule has 24 heavy (non-hydrogen) atoms. The molecule has 1 saturated heterocycles. The molecule has 0 N–H and O–H groups in total. The fraction of sp³-hybridized carbons (Fsp3) is 0.750. The second-order valence-corrected chi connectivity index (χ2v) is 8.15. The minimum absolute atomic E-state index is 0.241. The highest BCUT2D eigenvalue weighted by atomic mass is 16.2. The Bertz CT molecular complexity index is 592. The van der Waals surface area contributed by atoms with E-state index in [0.717, 1.165) is 44.0 Å². The van der Waals surface area contributed by atoms with Crippen LogP contribution in [0.25, 0.3) is 0 Å². The number of rotatable bonds is 5. The molecule has 2 aliphatic rings. The van der Waals surface area contributed by atoms with Crippen molar-refractivity contribution in [2.24, 2.45) is 5.92 Å². The van der Waals surface area contributed by atoms with Crippen LogP contribution in [0.2, 0.25) is 0 Å². The van der Waals surface area contributed by atoms with Crippen molar-refractivity contribution in [1.29, 1.82) is 0 Å². The maximum Gasteiger partial charge on any atom is 0.255 e. The van der Waals surface area contributed by atoms with E-state index >= 15 is 0 Å². The first kappa shape index (κ1) is 17.5. The molecule has 1 saturated carbocycles. The van der Waals surface area contributed by atoms with Gasteiger partial charge in [-0.25, -0.2) is 0 Å². The summed E-state index contributed by atoms with van der Waals surface area (Å²) in [6.07, 6.45) is 4.78. The Balaban J connectivity index is 1.60. The maximum absolute atomic E-state index is 13.0. The summed E-state index contributed by atoms with van der Waals surface area (Å²) in [5, 5.41) is 0. The molecule has 3 rings (SSSR count). The van der Waals surface area contributed by atoms with Crippen molar-refractivity contribution in [2.45, 2.75) is 65.5 Å².